The van der Waals surface area contributed by atoms with Gasteiger partial charge in [-0.15, -0.1) is 0 Å². The van der Waals surface area contributed by atoms with Crippen LogP contribution in [0, 0.1) is 0 Å². The molecule has 1 aliphatic heterocycles. The molecule has 1 amide bonds. The number of thioether (sulfide) groups is 1. The summed E-state index contributed by atoms with van der Waals surface area (Å²) < 4.78 is 16.8. The molecular formula is C23H23NO6S2. The molecule has 1 heterocycles. The number of carbonyl (C=O) groups is 2. The van der Waals surface area contributed by atoms with Gasteiger partial charge in [-0.3, -0.25) is 9.69 Å². The molecule has 32 heavy (non-hydrogen) atoms. The summed E-state index contributed by atoms with van der Waals surface area (Å²) in [5, 5.41) is 9.22. The maximum atomic E-state index is 13.0. The quantitative estimate of drug-likeness (QED) is 0.413. The molecule has 1 atom stereocenters. The molecule has 2 aromatic carbocycles. The Morgan fingerprint density at radius 2 is 1.91 bits per heavy atom. The predicted octanol–water partition coefficient (Wildman–Crippen LogP) is 4.74. The number of carboxylic acids is 1. The van der Waals surface area contributed by atoms with Crippen molar-refractivity contribution in [3.63, 3.8) is 0 Å². The lowest BCUT2D eigenvalue weighted by atomic mass is 10.1. The Morgan fingerprint density at radius 3 is 2.50 bits per heavy atom. The van der Waals surface area contributed by atoms with Gasteiger partial charge in [0.05, 0.1) is 24.3 Å². The monoisotopic (exact) mass is 473 g/mol. The smallest absolute Gasteiger partial charge is 0.344 e. The van der Waals surface area contributed by atoms with Crippen molar-refractivity contribution in [3.05, 3.63) is 52.9 Å². The number of ether oxygens (including phenoxy) is 3. The molecule has 9 heteroatoms. The molecule has 0 saturated carbocycles. The van der Waals surface area contributed by atoms with Crippen molar-refractivity contribution < 1.29 is 28.9 Å². The molecule has 0 radical (unpaired) electrons. The fourth-order valence-electron chi connectivity index (χ4n) is 3.03. The Balaban J connectivity index is 1.83. The van der Waals surface area contributed by atoms with Crippen molar-refractivity contribution in [2.45, 2.75) is 26.4 Å². The molecule has 7 nitrogen and oxygen atoms in total. The van der Waals surface area contributed by atoms with Crippen LogP contribution in [0.25, 0.3) is 6.08 Å². The average molecular weight is 474 g/mol. The summed E-state index contributed by atoms with van der Waals surface area (Å²) in [5.41, 5.74) is 1.37. The van der Waals surface area contributed by atoms with Crippen molar-refractivity contribution in [2.75, 3.05) is 18.6 Å². The summed E-state index contributed by atoms with van der Waals surface area (Å²) in [4.78, 5) is 26.2. The zero-order chi connectivity index (χ0) is 23.3. The van der Waals surface area contributed by atoms with Crippen LogP contribution in [0.2, 0.25) is 0 Å². The van der Waals surface area contributed by atoms with Crippen molar-refractivity contribution in [3.8, 4) is 17.2 Å². The molecule has 3 rings (SSSR count). The number of hydrogen-bond donors (Lipinski definition) is 1. The topological polar surface area (TPSA) is 85.3 Å². The number of aliphatic carboxylic acids is 1. The number of carbonyl (C=O) groups excluding carboxylic acids is 1. The van der Waals surface area contributed by atoms with Crippen molar-refractivity contribution in [2.24, 2.45) is 0 Å². The minimum absolute atomic E-state index is 0.222. The molecule has 168 valence electrons. The van der Waals surface area contributed by atoms with E-state index in [1.165, 1.54) is 23.8 Å². The van der Waals surface area contributed by atoms with E-state index in [4.69, 9.17) is 26.4 Å². The summed E-state index contributed by atoms with van der Waals surface area (Å²) in [7, 11) is 1.47. The number of methoxy groups -OCH3 is 1. The van der Waals surface area contributed by atoms with Crippen molar-refractivity contribution in [1.29, 1.82) is 0 Å². The second kappa shape index (κ2) is 10.5. The highest BCUT2D eigenvalue weighted by molar-refractivity contribution is 8.27. The molecule has 0 aromatic heterocycles. The van der Waals surface area contributed by atoms with E-state index in [1.54, 1.807) is 55.5 Å². The van der Waals surface area contributed by atoms with Crippen LogP contribution >= 0.6 is 24.0 Å². The van der Waals surface area contributed by atoms with Crippen LogP contribution in [0.3, 0.4) is 0 Å². The molecule has 1 saturated heterocycles. The van der Waals surface area contributed by atoms with Gasteiger partial charge >= 0.3 is 5.97 Å². The lowest BCUT2D eigenvalue weighted by Crippen LogP contribution is -2.27. The number of thiocarbonyl (C=S) groups is 1. The van der Waals surface area contributed by atoms with Crippen LogP contribution in [-0.4, -0.2) is 41.1 Å². The first-order valence-corrected chi connectivity index (χ1v) is 11.2. The minimum Gasteiger partial charge on any atom is -0.494 e. The third kappa shape index (κ3) is 5.23. The third-order valence-electron chi connectivity index (χ3n) is 4.60. The summed E-state index contributed by atoms with van der Waals surface area (Å²) in [6, 6.07) is 12.2. The van der Waals surface area contributed by atoms with Gasteiger partial charge in [-0.2, -0.15) is 0 Å². The maximum Gasteiger partial charge on any atom is 0.344 e. The van der Waals surface area contributed by atoms with Gasteiger partial charge in [-0.1, -0.05) is 37.0 Å². The van der Waals surface area contributed by atoms with Gasteiger partial charge in [0.25, 0.3) is 5.91 Å². The maximum absolute atomic E-state index is 13.0. The zero-order valence-corrected chi connectivity index (χ0v) is 19.5. The minimum atomic E-state index is -1.04. The standard InChI is InChI=1S/C23H23NO6S2/c1-4-17(22(26)27)30-18-11-6-14(12-19(18)28-3)13-20-21(25)24(23(31)32-20)15-7-9-16(10-8-15)29-5-2/h6-13,17H,4-5H2,1-3H3,(H,26,27)/b20-13+. The fourth-order valence-corrected chi connectivity index (χ4v) is 4.33. The summed E-state index contributed by atoms with van der Waals surface area (Å²) in [5.74, 6) is 0.151. The molecule has 1 N–H and O–H groups in total. The summed E-state index contributed by atoms with van der Waals surface area (Å²) >= 11 is 6.64. The summed E-state index contributed by atoms with van der Waals surface area (Å²) in [6.45, 7) is 4.19. The molecule has 0 bridgehead atoms. The van der Waals surface area contributed by atoms with Crippen molar-refractivity contribution >= 4 is 51.9 Å². The Bertz CT molecular complexity index is 1050. The van der Waals surface area contributed by atoms with Gasteiger partial charge in [0.15, 0.2) is 21.9 Å². The predicted molar refractivity (Wildman–Crippen MR) is 129 cm³/mol. The first-order chi connectivity index (χ1) is 15.4. The highest BCUT2D eigenvalue weighted by Gasteiger charge is 2.33. The van der Waals surface area contributed by atoms with Gasteiger partial charge in [-0.25, -0.2) is 4.79 Å². The number of amides is 1. The van der Waals surface area contributed by atoms with E-state index in [-0.39, 0.29) is 5.91 Å². The van der Waals surface area contributed by atoms with Crippen LogP contribution < -0.4 is 19.1 Å². The number of nitrogens with zero attached hydrogens (tertiary/aromatic N) is 1. The molecule has 1 aliphatic rings. The number of benzene rings is 2. The normalized spacial score (nSPS) is 15.7. The average Bonchev–Trinajstić information content (AvgIpc) is 3.06. The molecule has 0 aliphatic carbocycles. The Hall–Kier alpha value is -3.04. The van der Waals surface area contributed by atoms with E-state index in [1.807, 2.05) is 6.92 Å². The van der Waals surface area contributed by atoms with Gasteiger partial charge in [0.2, 0.25) is 0 Å². The van der Waals surface area contributed by atoms with E-state index in [9.17, 15) is 14.7 Å². The second-order valence-corrected chi connectivity index (χ2v) is 8.38. The Kier molecular flexibility index (Phi) is 7.76. The van der Waals surface area contributed by atoms with Crippen LogP contribution in [0.15, 0.2) is 47.4 Å². The number of anilines is 1. The van der Waals surface area contributed by atoms with Gasteiger partial charge < -0.3 is 19.3 Å². The van der Waals surface area contributed by atoms with Gasteiger partial charge in [0.1, 0.15) is 5.75 Å². The van der Waals surface area contributed by atoms with E-state index < -0.39 is 12.1 Å². The van der Waals surface area contributed by atoms with Gasteiger partial charge in [0, 0.05) is 0 Å². The van der Waals surface area contributed by atoms with Crippen LogP contribution in [0.1, 0.15) is 25.8 Å². The Labute approximate surface area is 196 Å². The lowest BCUT2D eigenvalue weighted by molar-refractivity contribution is -0.145. The van der Waals surface area contributed by atoms with Crippen molar-refractivity contribution in [1.82, 2.24) is 0 Å². The van der Waals surface area contributed by atoms with E-state index in [0.717, 1.165) is 5.75 Å². The molecule has 2 aromatic rings. The summed E-state index contributed by atoms with van der Waals surface area (Å²) in [6.07, 6.45) is 1.06. The first kappa shape index (κ1) is 23.6. The molecule has 0 spiro atoms. The van der Waals surface area contributed by atoms with E-state index in [2.05, 4.69) is 0 Å². The SMILES string of the molecule is CCOc1ccc(N2C(=O)/C(=C\c3ccc(OC(CC)C(=O)O)c(OC)c3)SC2=S)cc1. The van der Waals surface area contributed by atoms with E-state index >= 15 is 0 Å². The van der Waals surface area contributed by atoms with Gasteiger partial charge in [-0.05, 0) is 61.4 Å². The van der Waals surface area contributed by atoms with Crippen LogP contribution in [-0.2, 0) is 9.59 Å². The highest BCUT2D eigenvalue weighted by atomic mass is 32.2. The lowest BCUT2D eigenvalue weighted by Gasteiger charge is -2.16. The number of hydrogen-bond acceptors (Lipinski definition) is 7. The number of carboxylic acid groups (broad SMARTS) is 1. The first-order valence-electron chi connectivity index (χ1n) is 9.96. The zero-order valence-electron chi connectivity index (χ0n) is 17.9. The third-order valence-corrected chi connectivity index (χ3v) is 5.90. The molecular weight excluding hydrogens is 450 g/mol. The largest absolute Gasteiger partial charge is 0.494 e. The molecule has 1 fully saturated rings. The van der Waals surface area contributed by atoms with E-state index in [0.29, 0.717) is 45.0 Å². The Morgan fingerprint density at radius 1 is 1.19 bits per heavy atom. The van der Waals surface area contributed by atoms with Crippen LogP contribution in [0.5, 0.6) is 17.2 Å². The molecule has 1 unspecified atom stereocenters. The second-order valence-electron chi connectivity index (χ2n) is 6.71. The fraction of sp³-hybridized carbons (Fsp3) is 0.261. The van der Waals surface area contributed by atoms with Crippen LogP contribution in [0.4, 0.5) is 5.69 Å². The highest BCUT2D eigenvalue weighted by Crippen LogP contribution is 2.37. The number of rotatable bonds is 9.